The predicted molar refractivity (Wildman–Crippen MR) is 32.9 cm³/mol. The zero-order valence-electron chi connectivity index (χ0n) is 3.60. The van der Waals surface area contributed by atoms with Crippen LogP contribution in [0.15, 0.2) is 0 Å². The highest BCUT2D eigenvalue weighted by Crippen LogP contribution is 2.35. The van der Waals surface area contributed by atoms with Crippen molar-refractivity contribution in [3.8, 4) is 0 Å². The standard InChI is InChI=1S/C3H7NS2/c1-4-3-5-2-6-3/h3-4H,2H2,1H3. The van der Waals surface area contributed by atoms with Gasteiger partial charge in [-0.25, -0.2) is 0 Å². The molecule has 0 bridgehead atoms. The minimum absolute atomic E-state index is 0.699. The van der Waals surface area contributed by atoms with Gasteiger partial charge < -0.3 is 0 Å². The summed E-state index contributed by atoms with van der Waals surface area (Å²) in [6, 6.07) is 0. The highest BCUT2D eigenvalue weighted by Gasteiger charge is 2.14. The molecule has 36 valence electrons. The van der Waals surface area contributed by atoms with E-state index in [-0.39, 0.29) is 0 Å². The maximum Gasteiger partial charge on any atom is 0.102 e. The summed E-state index contributed by atoms with van der Waals surface area (Å²) in [6.45, 7) is 0. The van der Waals surface area contributed by atoms with Crippen molar-refractivity contribution in [1.29, 1.82) is 0 Å². The maximum absolute atomic E-state index is 3.13. The summed E-state index contributed by atoms with van der Waals surface area (Å²) < 4.78 is 0.699. The summed E-state index contributed by atoms with van der Waals surface area (Å²) in [6.07, 6.45) is 0. The lowest BCUT2D eigenvalue weighted by atomic mass is 11.2. The average molecular weight is 121 g/mol. The Morgan fingerprint density at radius 1 is 1.67 bits per heavy atom. The third-order valence-corrected chi connectivity index (χ3v) is 3.66. The van der Waals surface area contributed by atoms with E-state index in [1.165, 1.54) is 5.08 Å². The normalized spacial score (nSPS) is 23.5. The molecule has 0 radical (unpaired) electrons. The minimum Gasteiger partial charge on any atom is -0.300 e. The van der Waals surface area contributed by atoms with Gasteiger partial charge >= 0.3 is 0 Å². The van der Waals surface area contributed by atoms with Gasteiger partial charge in [-0.15, -0.1) is 23.5 Å². The zero-order valence-corrected chi connectivity index (χ0v) is 5.23. The van der Waals surface area contributed by atoms with Crippen LogP contribution in [0, 0.1) is 0 Å². The van der Waals surface area contributed by atoms with E-state index >= 15 is 0 Å². The van der Waals surface area contributed by atoms with E-state index in [1.807, 2.05) is 30.6 Å². The van der Waals surface area contributed by atoms with E-state index < -0.39 is 0 Å². The molecule has 0 spiro atoms. The van der Waals surface area contributed by atoms with Crippen LogP contribution in [-0.2, 0) is 0 Å². The summed E-state index contributed by atoms with van der Waals surface area (Å²) in [5, 5.41) is 4.40. The molecule has 1 fully saturated rings. The van der Waals surface area contributed by atoms with Gasteiger partial charge in [-0.3, -0.25) is 5.32 Å². The fourth-order valence-corrected chi connectivity index (χ4v) is 1.72. The van der Waals surface area contributed by atoms with Crippen LogP contribution in [0.5, 0.6) is 0 Å². The van der Waals surface area contributed by atoms with Gasteiger partial charge in [-0.1, -0.05) is 0 Å². The van der Waals surface area contributed by atoms with Crippen LogP contribution in [-0.4, -0.2) is 16.8 Å². The van der Waals surface area contributed by atoms with Gasteiger partial charge in [0.05, 0.1) is 0 Å². The molecule has 0 aromatic carbocycles. The fourth-order valence-electron chi connectivity index (χ4n) is 0.303. The van der Waals surface area contributed by atoms with Gasteiger partial charge in [0.25, 0.3) is 0 Å². The molecular weight excluding hydrogens is 114 g/mol. The topological polar surface area (TPSA) is 12.0 Å². The molecule has 0 aromatic rings. The molecule has 0 aromatic heterocycles. The molecule has 1 aliphatic rings. The zero-order chi connectivity index (χ0) is 4.41. The van der Waals surface area contributed by atoms with E-state index in [0.29, 0.717) is 4.71 Å². The molecule has 0 saturated carbocycles. The van der Waals surface area contributed by atoms with Crippen molar-refractivity contribution in [3.63, 3.8) is 0 Å². The first-order valence-electron chi connectivity index (χ1n) is 1.84. The molecule has 1 nitrogen and oxygen atoms in total. The van der Waals surface area contributed by atoms with Crippen LogP contribution in [0.2, 0.25) is 0 Å². The van der Waals surface area contributed by atoms with Crippen molar-refractivity contribution in [1.82, 2.24) is 5.32 Å². The Kier molecular flexibility index (Phi) is 1.68. The summed E-state index contributed by atoms with van der Waals surface area (Å²) in [4.78, 5) is 0. The Morgan fingerprint density at radius 2 is 2.33 bits per heavy atom. The molecule has 1 aliphatic heterocycles. The van der Waals surface area contributed by atoms with Gasteiger partial charge in [0.2, 0.25) is 0 Å². The quantitative estimate of drug-likeness (QED) is 0.554. The molecule has 0 aliphatic carbocycles. The van der Waals surface area contributed by atoms with Gasteiger partial charge in [0, 0.05) is 5.08 Å². The second kappa shape index (κ2) is 2.09. The molecular formula is C3H7NS2. The van der Waals surface area contributed by atoms with Crippen LogP contribution in [0.1, 0.15) is 0 Å². The van der Waals surface area contributed by atoms with Gasteiger partial charge in [0.15, 0.2) is 0 Å². The first-order chi connectivity index (χ1) is 2.93. The summed E-state index contributed by atoms with van der Waals surface area (Å²) in [5.41, 5.74) is 0. The smallest absolute Gasteiger partial charge is 0.102 e. The fraction of sp³-hybridized carbons (Fsp3) is 1.00. The van der Waals surface area contributed by atoms with E-state index in [4.69, 9.17) is 0 Å². The lowest BCUT2D eigenvalue weighted by Gasteiger charge is -2.22. The molecule has 0 unspecified atom stereocenters. The second-order valence-electron chi connectivity index (χ2n) is 1.07. The second-order valence-corrected chi connectivity index (χ2v) is 3.92. The highest BCUT2D eigenvalue weighted by atomic mass is 32.3. The molecule has 1 rings (SSSR count). The number of hydrogen-bond donors (Lipinski definition) is 1. The van der Waals surface area contributed by atoms with Crippen LogP contribution in [0.4, 0.5) is 0 Å². The van der Waals surface area contributed by atoms with Crippen molar-refractivity contribution in [2.45, 2.75) is 4.71 Å². The van der Waals surface area contributed by atoms with Crippen LogP contribution < -0.4 is 5.32 Å². The van der Waals surface area contributed by atoms with E-state index in [0.717, 1.165) is 0 Å². The van der Waals surface area contributed by atoms with Crippen molar-refractivity contribution in [3.05, 3.63) is 0 Å². The van der Waals surface area contributed by atoms with E-state index in [9.17, 15) is 0 Å². The van der Waals surface area contributed by atoms with Crippen molar-refractivity contribution >= 4 is 23.5 Å². The third-order valence-electron chi connectivity index (χ3n) is 0.675. The number of nitrogens with one attached hydrogen (secondary N) is 1. The van der Waals surface area contributed by atoms with Gasteiger partial charge in [-0.2, -0.15) is 0 Å². The van der Waals surface area contributed by atoms with Crippen LogP contribution in [0.3, 0.4) is 0 Å². The van der Waals surface area contributed by atoms with Gasteiger partial charge in [-0.05, 0) is 7.05 Å². The van der Waals surface area contributed by atoms with Gasteiger partial charge in [0.1, 0.15) is 4.71 Å². The largest absolute Gasteiger partial charge is 0.300 e. The monoisotopic (exact) mass is 121 g/mol. The van der Waals surface area contributed by atoms with Crippen molar-refractivity contribution in [2.24, 2.45) is 0 Å². The highest BCUT2D eigenvalue weighted by molar-refractivity contribution is 8.32. The Bertz CT molecular complexity index is 41.3. The summed E-state index contributed by atoms with van der Waals surface area (Å²) in [7, 11) is 1.99. The Hall–Kier alpha value is 0.660. The Labute approximate surface area is 46.3 Å². The predicted octanol–water partition coefficient (Wildman–Crippen LogP) is 0.927. The molecule has 3 heteroatoms. The first-order valence-corrected chi connectivity index (χ1v) is 3.93. The van der Waals surface area contributed by atoms with E-state index in [1.54, 1.807) is 0 Å². The summed E-state index contributed by atoms with van der Waals surface area (Å²) in [5.74, 6) is 0. The molecule has 0 atom stereocenters. The van der Waals surface area contributed by atoms with Crippen molar-refractivity contribution in [2.75, 3.05) is 12.1 Å². The first kappa shape index (κ1) is 4.81. The number of rotatable bonds is 1. The maximum atomic E-state index is 3.13. The third kappa shape index (κ3) is 0.832. The number of hydrogen-bond acceptors (Lipinski definition) is 3. The molecule has 1 heterocycles. The van der Waals surface area contributed by atoms with Crippen LogP contribution >= 0.6 is 23.5 Å². The average Bonchev–Trinajstić information content (AvgIpc) is 1.31. The summed E-state index contributed by atoms with van der Waals surface area (Å²) >= 11 is 3.91. The van der Waals surface area contributed by atoms with E-state index in [2.05, 4.69) is 5.32 Å². The molecule has 1 N–H and O–H groups in total. The SMILES string of the molecule is CNC1SCS1. The lowest BCUT2D eigenvalue weighted by molar-refractivity contribution is 0.931. The van der Waals surface area contributed by atoms with Crippen molar-refractivity contribution < 1.29 is 0 Å². The number of thioether (sulfide) groups is 2. The molecule has 1 saturated heterocycles. The Morgan fingerprint density at radius 3 is 2.33 bits per heavy atom. The molecule has 0 amide bonds. The lowest BCUT2D eigenvalue weighted by Crippen LogP contribution is -2.23. The minimum atomic E-state index is 0.699. The Balaban J connectivity index is 2.01. The van der Waals surface area contributed by atoms with Crippen LogP contribution in [0.25, 0.3) is 0 Å². The molecule has 6 heavy (non-hydrogen) atoms.